The van der Waals surface area contributed by atoms with Crippen LogP contribution in [-0.2, 0) is 4.79 Å². The predicted octanol–water partition coefficient (Wildman–Crippen LogP) is 3.57. The molecule has 0 unspecified atom stereocenters. The van der Waals surface area contributed by atoms with Crippen LogP contribution in [0.4, 0.5) is 5.69 Å². The van der Waals surface area contributed by atoms with E-state index in [2.05, 4.69) is 12.1 Å². The Morgan fingerprint density at radius 3 is 2.26 bits per heavy atom. The number of fused-ring (bicyclic) bond motifs is 1. The SMILES string of the molecule is N=C1CCCCC1=O.Nc1ccc2ccccc2c1. The number of rotatable bonds is 0. The molecular formula is C16H18N2O. The lowest BCUT2D eigenvalue weighted by Gasteiger charge is -2.07. The summed E-state index contributed by atoms with van der Waals surface area (Å²) in [5.41, 5.74) is 6.78. The van der Waals surface area contributed by atoms with Gasteiger partial charge >= 0.3 is 0 Å². The zero-order valence-electron chi connectivity index (χ0n) is 10.9. The molecule has 1 aliphatic rings. The zero-order chi connectivity index (χ0) is 13.7. The summed E-state index contributed by atoms with van der Waals surface area (Å²) in [6, 6.07) is 14.1. The molecule has 0 aliphatic heterocycles. The van der Waals surface area contributed by atoms with Crippen LogP contribution in [0.1, 0.15) is 25.7 Å². The van der Waals surface area contributed by atoms with Crippen LogP contribution >= 0.6 is 0 Å². The number of carbonyl (C=O) groups is 1. The Morgan fingerprint density at radius 1 is 0.947 bits per heavy atom. The molecule has 1 fully saturated rings. The smallest absolute Gasteiger partial charge is 0.176 e. The molecule has 98 valence electrons. The fraction of sp³-hybridized carbons (Fsp3) is 0.250. The number of benzene rings is 2. The van der Waals surface area contributed by atoms with Crippen LogP contribution in [0.3, 0.4) is 0 Å². The topological polar surface area (TPSA) is 66.9 Å². The summed E-state index contributed by atoms with van der Waals surface area (Å²) in [6.07, 6.45) is 3.34. The molecule has 0 bridgehead atoms. The Kier molecular flexibility index (Phi) is 4.29. The van der Waals surface area contributed by atoms with Gasteiger partial charge in [0.2, 0.25) is 0 Å². The van der Waals surface area contributed by atoms with Crippen molar-refractivity contribution >= 4 is 28.0 Å². The van der Waals surface area contributed by atoms with Gasteiger partial charge in [-0.05, 0) is 42.2 Å². The molecule has 3 rings (SSSR count). The van der Waals surface area contributed by atoms with Crippen molar-refractivity contribution in [1.29, 1.82) is 5.41 Å². The van der Waals surface area contributed by atoms with Gasteiger partial charge in [-0.25, -0.2) is 0 Å². The number of hydrogen-bond donors (Lipinski definition) is 2. The molecule has 1 aliphatic carbocycles. The summed E-state index contributed by atoms with van der Waals surface area (Å²) in [5, 5.41) is 9.48. The van der Waals surface area contributed by atoms with E-state index in [1.165, 1.54) is 10.8 Å². The Hall–Kier alpha value is -2.16. The molecule has 3 N–H and O–H groups in total. The van der Waals surface area contributed by atoms with Gasteiger partial charge < -0.3 is 11.1 Å². The molecule has 1 saturated carbocycles. The third-order valence-corrected chi connectivity index (χ3v) is 3.19. The monoisotopic (exact) mass is 254 g/mol. The van der Waals surface area contributed by atoms with E-state index in [4.69, 9.17) is 11.1 Å². The maximum absolute atomic E-state index is 10.6. The summed E-state index contributed by atoms with van der Waals surface area (Å²) in [4.78, 5) is 10.6. The van der Waals surface area contributed by atoms with Gasteiger partial charge in [0, 0.05) is 12.1 Å². The predicted molar refractivity (Wildman–Crippen MR) is 79.6 cm³/mol. The van der Waals surface area contributed by atoms with E-state index in [0.717, 1.165) is 18.5 Å². The highest BCUT2D eigenvalue weighted by Gasteiger charge is 2.13. The van der Waals surface area contributed by atoms with Gasteiger partial charge in [0.15, 0.2) is 5.78 Å². The van der Waals surface area contributed by atoms with Crippen LogP contribution in [0.15, 0.2) is 42.5 Å². The standard InChI is InChI=1S/C10H9N.C6H9NO/c11-10-6-5-8-3-1-2-4-9(8)7-10;7-5-3-1-2-4-6(5)8/h1-7H,11H2;7H,1-4H2. The van der Waals surface area contributed by atoms with Gasteiger partial charge in [-0.2, -0.15) is 0 Å². The van der Waals surface area contributed by atoms with Crippen LogP contribution in [0, 0.1) is 5.41 Å². The average Bonchev–Trinajstić information content (AvgIpc) is 2.43. The lowest BCUT2D eigenvalue weighted by atomic mass is 9.98. The summed E-state index contributed by atoms with van der Waals surface area (Å²) < 4.78 is 0. The molecule has 0 heterocycles. The first kappa shape index (κ1) is 13.3. The van der Waals surface area contributed by atoms with E-state index in [-0.39, 0.29) is 5.78 Å². The molecule has 0 amide bonds. The summed E-state index contributed by atoms with van der Waals surface area (Å²) in [7, 11) is 0. The number of anilines is 1. The second-order valence-corrected chi connectivity index (χ2v) is 4.72. The first-order valence-electron chi connectivity index (χ1n) is 6.52. The van der Waals surface area contributed by atoms with Crippen LogP contribution in [0.5, 0.6) is 0 Å². The van der Waals surface area contributed by atoms with Gasteiger partial charge in [-0.1, -0.05) is 30.3 Å². The van der Waals surface area contributed by atoms with Crippen molar-refractivity contribution < 1.29 is 4.79 Å². The van der Waals surface area contributed by atoms with Crippen molar-refractivity contribution in [2.24, 2.45) is 0 Å². The van der Waals surface area contributed by atoms with Gasteiger partial charge in [0.25, 0.3) is 0 Å². The van der Waals surface area contributed by atoms with E-state index in [9.17, 15) is 4.79 Å². The normalized spacial score (nSPS) is 14.9. The molecule has 0 spiro atoms. The van der Waals surface area contributed by atoms with Crippen LogP contribution in [0.25, 0.3) is 10.8 Å². The number of Topliss-reactive ketones (excluding diaryl/α,β-unsaturated/α-hetero) is 1. The number of hydrogen-bond acceptors (Lipinski definition) is 3. The molecule has 0 aromatic heterocycles. The number of nitrogens with one attached hydrogen (secondary N) is 1. The maximum atomic E-state index is 10.6. The molecule has 2 aromatic rings. The molecule has 2 aromatic carbocycles. The Labute approximate surface area is 112 Å². The summed E-state index contributed by atoms with van der Waals surface area (Å²) in [5.74, 6) is 0.0521. The first-order chi connectivity index (χ1) is 9.16. The van der Waals surface area contributed by atoms with Crippen molar-refractivity contribution in [2.45, 2.75) is 25.7 Å². The highest BCUT2D eigenvalue weighted by atomic mass is 16.1. The van der Waals surface area contributed by atoms with E-state index in [0.29, 0.717) is 18.6 Å². The Balaban J connectivity index is 0.000000148. The van der Waals surface area contributed by atoms with Gasteiger partial charge in [0.05, 0.1) is 5.71 Å². The first-order valence-corrected chi connectivity index (χ1v) is 6.52. The lowest BCUT2D eigenvalue weighted by Crippen LogP contribution is -2.16. The van der Waals surface area contributed by atoms with E-state index in [1.54, 1.807) is 0 Å². The molecule has 0 radical (unpaired) electrons. The Morgan fingerprint density at radius 2 is 1.63 bits per heavy atom. The number of nitrogen functional groups attached to an aromatic ring is 1. The zero-order valence-corrected chi connectivity index (χ0v) is 10.9. The van der Waals surface area contributed by atoms with E-state index < -0.39 is 0 Å². The fourth-order valence-electron chi connectivity index (χ4n) is 2.09. The van der Waals surface area contributed by atoms with E-state index in [1.807, 2.05) is 30.3 Å². The second-order valence-electron chi connectivity index (χ2n) is 4.72. The number of nitrogens with two attached hydrogens (primary N) is 1. The third kappa shape index (κ3) is 3.65. The molecule has 19 heavy (non-hydrogen) atoms. The minimum atomic E-state index is 0.0521. The summed E-state index contributed by atoms with van der Waals surface area (Å²) in [6.45, 7) is 0. The van der Waals surface area contributed by atoms with Crippen LogP contribution in [-0.4, -0.2) is 11.5 Å². The minimum Gasteiger partial charge on any atom is -0.399 e. The third-order valence-electron chi connectivity index (χ3n) is 3.19. The molecule has 0 atom stereocenters. The van der Waals surface area contributed by atoms with E-state index >= 15 is 0 Å². The van der Waals surface area contributed by atoms with Crippen molar-refractivity contribution in [1.82, 2.24) is 0 Å². The lowest BCUT2D eigenvalue weighted by molar-refractivity contribution is -0.113. The second kappa shape index (κ2) is 6.14. The van der Waals surface area contributed by atoms with Crippen LogP contribution in [0.2, 0.25) is 0 Å². The summed E-state index contributed by atoms with van der Waals surface area (Å²) >= 11 is 0. The van der Waals surface area contributed by atoms with Crippen molar-refractivity contribution in [3.63, 3.8) is 0 Å². The quantitative estimate of drug-likeness (QED) is 0.706. The Bertz CT molecular complexity index is 588. The maximum Gasteiger partial charge on any atom is 0.176 e. The van der Waals surface area contributed by atoms with Crippen molar-refractivity contribution in [3.05, 3.63) is 42.5 Å². The minimum absolute atomic E-state index is 0.0521. The number of carbonyl (C=O) groups excluding carboxylic acids is 1. The van der Waals surface area contributed by atoms with Crippen molar-refractivity contribution in [3.8, 4) is 0 Å². The number of ketones is 1. The molecule has 3 nitrogen and oxygen atoms in total. The van der Waals surface area contributed by atoms with Gasteiger partial charge in [-0.3, -0.25) is 4.79 Å². The highest BCUT2D eigenvalue weighted by molar-refractivity contribution is 6.38. The largest absolute Gasteiger partial charge is 0.399 e. The fourth-order valence-corrected chi connectivity index (χ4v) is 2.09. The average molecular weight is 254 g/mol. The van der Waals surface area contributed by atoms with Crippen LogP contribution < -0.4 is 5.73 Å². The van der Waals surface area contributed by atoms with Crippen molar-refractivity contribution in [2.75, 3.05) is 5.73 Å². The highest BCUT2D eigenvalue weighted by Crippen LogP contribution is 2.16. The molecule has 3 heteroatoms. The molecule has 0 saturated heterocycles. The van der Waals surface area contributed by atoms with Gasteiger partial charge in [-0.15, -0.1) is 0 Å². The molecular weight excluding hydrogens is 236 g/mol. The van der Waals surface area contributed by atoms with Gasteiger partial charge in [0.1, 0.15) is 0 Å².